The number of nitrogens with zero attached hydrogens (tertiary/aromatic N) is 1. The molecular formula is C19H20N4O9S. The van der Waals surface area contributed by atoms with E-state index >= 15 is 0 Å². The second-order valence-electron chi connectivity index (χ2n) is 6.28. The van der Waals surface area contributed by atoms with Crippen LogP contribution in [0.5, 0.6) is 0 Å². The third-order valence-corrected chi connectivity index (χ3v) is 5.27. The van der Waals surface area contributed by atoms with Crippen LogP contribution in [0.1, 0.15) is 10.4 Å². The summed E-state index contributed by atoms with van der Waals surface area (Å²) in [5.41, 5.74) is -0.821. The molecule has 0 heterocycles. The Kier molecular flexibility index (Phi) is 8.82. The van der Waals surface area contributed by atoms with Crippen molar-refractivity contribution < 1.29 is 37.2 Å². The number of para-hydroxylation sites is 1. The van der Waals surface area contributed by atoms with E-state index in [0.717, 1.165) is 18.2 Å². The van der Waals surface area contributed by atoms with Crippen LogP contribution < -0.4 is 15.4 Å². The molecule has 2 rings (SSSR count). The first-order valence-electron chi connectivity index (χ1n) is 9.24. The number of anilines is 1. The number of hydrogen-bond donors (Lipinski definition) is 3. The summed E-state index contributed by atoms with van der Waals surface area (Å²) in [6, 6.07) is 8.95. The molecule has 2 aromatic carbocycles. The summed E-state index contributed by atoms with van der Waals surface area (Å²) in [7, 11) is -2.85. The minimum absolute atomic E-state index is 0.160. The zero-order valence-corrected chi connectivity index (χ0v) is 18.1. The van der Waals surface area contributed by atoms with Crippen LogP contribution in [-0.4, -0.2) is 58.1 Å². The van der Waals surface area contributed by atoms with Crippen molar-refractivity contribution in [1.82, 2.24) is 10.6 Å². The molecule has 33 heavy (non-hydrogen) atoms. The van der Waals surface area contributed by atoms with Crippen molar-refractivity contribution in [2.75, 3.05) is 31.6 Å². The summed E-state index contributed by atoms with van der Waals surface area (Å²) in [6.45, 7) is -0.407. The number of nitro groups is 1. The maximum atomic E-state index is 12.6. The molecule has 3 amide bonds. The Hall–Kier alpha value is -4.04. The number of rotatable bonds is 10. The number of urea groups is 1. The van der Waals surface area contributed by atoms with Gasteiger partial charge in [-0.2, -0.15) is 0 Å². The predicted octanol–water partition coefficient (Wildman–Crippen LogP) is 1.02. The quantitative estimate of drug-likeness (QED) is 0.193. The number of sulfonamides is 1. The van der Waals surface area contributed by atoms with E-state index in [2.05, 4.69) is 10.0 Å². The summed E-state index contributed by atoms with van der Waals surface area (Å²) < 4.78 is 37.0. The molecule has 0 spiro atoms. The van der Waals surface area contributed by atoms with Crippen molar-refractivity contribution in [2.45, 2.75) is 4.90 Å². The normalized spacial score (nSPS) is 10.7. The summed E-state index contributed by atoms with van der Waals surface area (Å²) in [5, 5.41) is 15.2. The Bertz CT molecular complexity index is 1150. The van der Waals surface area contributed by atoms with Crippen LogP contribution in [-0.2, 0) is 24.3 Å². The topological polar surface area (TPSA) is 183 Å². The van der Waals surface area contributed by atoms with Crippen LogP contribution in [0.2, 0.25) is 0 Å². The summed E-state index contributed by atoms with van der Waals surface area (Å²) >= 11 is 0. The Morgan fingerprint density at radius 3 is 2.52 bits per heavy atom. The minimum atomic E-state index is -4.29. The highest BCUT2D eigenvalue weighted by molar-refractivity contribution is 7.92. The molecule has 0 aliphatic rings. The van der Waals surface area contributed by atoms with Crippen LogP contribution in [0.25, 0.3) is 0 Å². The number of carbonyl (C=O) groups excluding carboxylic acids is 3. The fourth-order valence-corrected chi connectivity index (χ4v) is 3.52. The molecule has 176 valence electrons. The van der Waals surface area contributed by atoms with Crippen LogP contribution >= 0.6 is 0 Å². The fraction of sp³-hybridized carbons (Fsp3) is 0.211. The molecule has 13 nitrogen and oxygen atoms in total. The molecule has 0 saturated carbocycles. The maximum absolute atomic E-state index is 12.6. The van der Waals surface area contributed by atoms with Gasteiger partial charge in [-0.25, -0.2) is 18.0 Å². The number of hydrogen-bond acceptors (Lipinski definition) is 9. The Balaban J connectivity index is 2.07. The monoisotopic (exact) mass is 480 g/mol. The average Bonchev–Trinajstić information content (AvgIpc) is 2.78. The lowest BCUT2D eigenvalue weighted by molar-refractivity contribution is -0.385. The van der Waals surface area contributed by atoms with Gasteiger partial charge >= 0.3 is 12.0 Å². The second-order valence-corrected chi connectivity index (χ2v) is 7.96. The Morgan fingerprint density at radius 2 is 1.82 bits per heavy atom. The van der Waals surface area contributed by atoms with E-state index in [9.17, 15) is 32.9 Å². The molecule has 0 aromatic heterocycles. The number of non-ortho nitro benzene ring substituents is 1. The molecule has 14 heteroatoms. The average molecular weight is 480 g/mol. The SMILES string of the molecule is COCCNC(=O)NC(=O)COC(=O)c1ccccc1NS(=O)(=O)c1cccc([N+](=O)[O-])c1. The van der Waals surface area contributed by atoms with Crippen molar-refractivity contribution in [3.05, 3.63) is 64.2 Å². The van der Waals surface area contributed by atoms with E-state index in [1.165, 1.54) is 37.4 Å². The van der Waals surface area contributed by atoms with Crippen molar-refractivity contribution in [1.29, 1.82) is 0 Å². The molecule has 0 unspecified atom stereocenters. The van der Waals surface area contributed by atoms with Gasteiger partial charge in [-0.1, -0.05) is 18.2 Å². The minimum Gasteiger partial charge on any atom is -0.452 e. The molecule has 0 fully saturated rings. The first-order chi connectivity index (χ1) is 15.6. The molecule has 0 aliphatic carbocycles. The lowest BCUT2D eigenvalue weighted by Crippen LogP contribution is -2.42. The zero-order valence-electron chi connectivity index (χ0n) is 17.3. The van der Waals surface area contributed by atoms with E-state index < -0.39 is 50.0 Å². The summed E-state index contributed by atoms with van der Waals surface area (Å²) in [4.78, 5) is 45.4. The summed E-state index contributed by atoms with van der Waals surface area (Å²) in [5.74, 6) is -1.95. The van der Waals surface area contributed by atoms with E-state index in [-0.39, 0.29) is 24.4 Å². The third kappa shape index (κ3) is 7.55. The molecule has 0 atom stereocenters. The van der Waals surface area contributed by atoms with Gasteiger partial charge in [-0.15, -0.1) is 0 Å². The van der Waals surface area contributed by atoms with Gasteiger partial charge in [-0.05, 0) is 18.2 Å². The highest BCUT2D eigenvalue weighted by atomic mass is 32.2. The van der Waals surface area contributed by atoms with Gasteiger partial charge in [0, 0.05) is 25.8 Å². The first kappa shape index (κ1) is 25.2. The number of ether oxygens (including phenoxy) is 2. The molecular weight excluding hydrogens is 460 g/mol. The number of benzene rings is 2. The Morgan fingerprint density at radius 1 is 1.09 bits per heavy atom. The number of amides is 3. The van der Waals surface area contributed by atoms with E-state index in [0.29, 0.717) is 0 Å². The zero-order chi connectivity index (χ0) is 24.4. The third-order valence-electron chi connectivity index (χ3n) is 3.91. The molecule has 3 N–H and O–H groups in total. The van der Waals surface area contributed by atoms with Gasteiger partial charge in [0.1, 0.15) is 0 Å². The van der Waals surface area contributed by atoms with Crippen LogP contribution in [0.4, 0.5) is 16.2 Å². The van der Waals surface area contributed by atoms with Crippen molar-refractivity contribution in [3.8, 4) is 0 Å². The van der Waals surface area contributed by atoms with Gasteiger partial charge < -0.3 is 14.8 Å². The van der Waals surface area contributed by atoms with Crippen molar-refractivity contribution >= 4 is 39.3 Å². The molecule has 0 radical (unpaired) electrons. The second kappa shape index (κ2) is 11.5. The molecule has 0 aliphatic heterocycles. The van der Waals surface area contributed by atoms with E-state index in [4.69, 9.17) is 9.47 Å². The number of esters is 1. The number of nitrogens with one attached hydrogen (secondary N) is 3. The van der Waals surface area contributed by atoms with E-state index in [1.54, 1.807) is 0 Å². The number of imide groups is 1. The number of nitro benzene ring substituents is 1. The molecule has 2 aromatic rings. The van der Waals surface area contributed by atoms with Crippen molar-refractivity contribution in [2.24, 2.45) is 0 Å². The van der Waals surface area contributed by atoms with Gasteiger partial charge in [0.15, 0.2) is 6.61 Å². The van der Waals surface area contributed by atoms with Crippen LogP contribution in [0.3, 0.4) is 0 Å². The standard InChI is InChI=1S/C19H20N4O9S/c1-31-10-9-20-19(26)21-17(24)12-32-18(25)15-7-2-3-8-16(15)22-33(29,30)14-6-4-5-13(11-14)23(27)28/h2-8,11,22H,9-10,12H2,1H3,(H2,20,21,24,26). The smallest absolute Gasteiger partial charge is 0.340 e. The number of carbonyl (C=O) groups is 3. The highest BCUT2D eigenvalue weighted by Gasteiger charge is 2.22. The summed E-state index contributed by atoms with van der Waals surface area (Å²) in [6.07, 6.45) is 0. The maximum Gasteiger partial charge on any atom is 0.340 e. The first-order valence-corrected chi connectivity index (χ1v) is 10.7. The molecule has 0 saturated heterocycles. The van der Waals surface area contributed by atoms with Crippen LogP contribution in [0, 0.1) is 10.1 Å². The molecule has 0 bridgehead atoms. The fourth-order valence-electron chi connectivity index (χ4n) is 2.40. The lowest BCUT2D eigenvalue weighted by Gasteiger charge is -2.12. The predicted molar refractivity (Wildman–Crippen MR) is 114 cm³/mol. The lowest BCUT2D eigenvalue weighted by atomic mass is 10.2. The van der Waals surface area contributed by atoms with Crippen LogP contribution in [0.15, 0.2) is 53.4 Å². The highest BCUT2D eigenvalue weighted by Crippen LogP contribution is 2.23. The van der Waals surface area contributed by atoms with Gasteiger partial charge in [0.2, 0.25) is 0 Å². The Labute approximate surface area is 188 Å². The van der Waals surface area contributed by atoms with Crippen molar-refractivity contribution in [3.63, 3.8) is 0 Å². The van der Waals surface area contributed by atoms with Gasteiger partial charge in [0.05, 0.1) is 27.7 Å². The number of methoxy groups -OCH3 is 1. The van der Waals surface area contributed by atoms with Gasteiger partial charge in [-0.3, -0.25) is 24.9 Å². The van der Waals surface area contributed by atoms with Gasteiger partial charge in [0.25, 0.3) is 21.6 Å². The largest absolute Gasteiger partial charge is 0.452 e. The van der Waals surface area contributed by atoms with E-state index in [1.807, 2.05) is 5.32 Å².